The fourth-order valence-electron chi connectivity index (χ4n) is 1.56. The molecule has 0 saturated carbocycles. The van der Waals surface area contributed by atoms with E-state index in [0.717, 1.165) is 12.1 Å². The minimum atomic E-state index is -1.23. The number of primary amides is 1. The van der Waals surface area contributed by atoms with Crippen molar-refractivity contribution in [3.8, 4) is 23.0 Å². The van der Waals surface area contributed by atoms with Crippen LogP contribution in [0.3, 0.4) is 0 Å². The zero-order chi connectivity index (χ0) is 16.3. The Morgan fingerprint density at radius 1 is 1.23 bits per heavy atom. The lowest BCUT2D eigenvalue weighted by atomic mass is 10.2. The summed E-state index contributed by atoms with van der Waals surface area (Å²) in [6, 6.07) is 6.54. The quantitative estimate of drug-likeness (QED) is 0.660. The average Bonchev–Trinajstić information content (AvgIpc) is 2.44. The molecule has 0 radical (unpaired) electrons. The van der Waals surface area contributed by atoms with Gasteiger partial charge in [-0.25, -0.2) is 9.18 Å². The third-order valence-electron chi connectivity index (χ3n) is 2.50. The van der Waals surface area contributed by atoms with Crippen molar-refractivity contribution >= 4 is 11.8 Å². The monoisotopic (exact) mass is 308 g/mol. The number of hydrogen-bond acceptors (Lipinski definition) is 6. The van der Waals surface area contributed by atoms with Crippen LogP contribution in [0, 0.1) is 15.9 Å². The molecule has 0 atom stereocenters. The van der Waals surface area contributed by atoms with E-state index < -0.39 is 28.3 Å². The van der Waals surface area contributed by atoms with Gasteiger partial charge in [0, 0.05) is 24.3 Å². The van der Waals surface area contributed by atoms with Crippen LogP contribution in [0.15, 0.2) is 36.4 Å². The molecule has 0 unspecified atom stereocenters. The van der Waals surface area contributed by atoms with E-state index in [1.54, 1.807) is 0 Å². The number of halogens is 1. The van der Waals surface area contributed by atoms with Gasteiger partial charge >= 0.3 is 6.09 Å². The lowest BCUT2D eigenvalue weighted by molar-refractivity contribution is -0.384. The number of ether oxygens (including phenoxy) is 2. The van der Waals surface area contributed by atoms with Gasteiger partial charge in [-0.2, -0.15) is 0 Å². The second-order valence-corrected chi connectivity index (χ2v) is 4.02. The molecular weight excluding hydrogens is 299 g/mol. The lowest BCUT2D eigenvalue weighted by Gasteiger charge is -2.09. The van der Waals surface area contributed by atoms with Crippen LogP contribution in [0.1, 0.15) is 0 Å². The molecule has 22 heavy (non-hydrogen) atoms. The van der Waals surface area contributed by atoms with Gasteiger partial charge in [0.1, 0.15) is 5.75 Å². The molecule has 0 aromatic heterocycles. The molecule has 0 aliphatic carbocycles. The zero-order valence-corrected chi connectivity index (χ0v) is 10.9. The number of nitro benzene ring substituents is 1. The number of carbonyl (C=O) groups is 1. The molecule has 2 aromatic rings. The van der Waals surface area contributed by atoms with Gasteiger partial charge in [-0.05, 0) is 12.1 Å². The van der Waals surface area contributed by atoms with E-state index in [9.17, 15) is 24.4 Å². The van der Waals surface area contributed by atoms with Gasteiger partial charge in [-0.1, -0.05) is 0 Å². The van der Waals surface area contributed by atoms with Crippen LogP contribution in [0.2, 0.25) is 0 Å². The van der Waals surface area contributed by atoms with Crippen molar-refractivity contribution in [2.75, 3.05) is 0 Å². The first-order valence-corrected chi connectivity index (χ1v) is 5.79. The number of amides is 1. The number of nitrogens with two attached hydrogens (primary N) is 1. The Balaban J connectivity index is 2.24. The van der Waals surface area contributed by atoms with E-state index in [0.29, 0.717) is 0 Å². The minimum absolute atomic E-state index is 0.142. The first-order chi connectivity index (χ1) is 10.4. The SMILES string of the molecule is NC(=O)Oc1cc(O)c(Oc2ccc([N+](=O)[O-])cc2)cc1F. The van der Waals surface area contributed by atoms with E-state index in [-0.39, 0.29) is 17.2 Å². The molecule has 0 aliphatic heterocycles. The average molecular weight is 308 g/mol. The topological polar surface area (TPSA) is 125 Å². The maximum absolute atomic E-state index is 13.6. The highest BCUT2D eigenvalue weighted by atomic mass is 19.1. The van der Waals surface area contributed by atoms with Crippen molar-refractivity contribution in [2.24, 2.45) is 5.73 Å². The fraction of sp³-hybridized carbons (Fsp3) is 0. The molecule has 9 heteroatoms. The van der Waals surface area contributed by atoms with Gasteiger partial charge in [-0.15, -0.1) is 0 Å². The number of nitrogens with zero attached hydrogens (tertiary/aromatic N) is 1. The Kier molecular flexibility index (Phi) is 4.07. The number of aromatic hydroxyl groups is 1. The molecular formula is C13H9FN2O6. The fourth-order valence-corrected chi connectivity index (χ4v) is 1.56. The Hall–Kier alpha value is -3.36. The van der Waals surface area contributed by atoms with Crippen LogP contribution >= 0.6 is 0 Å². The van der Waals surface area contributed by atoms with E-state index in [1.807, 2.05) is 0 Å². The number of carbonyl (C=O) groups excluding carboxylic acids is 1. The van der Waals surface area contributed by atoms with Gasteiger partial charge in [-0.3, -0.25) is 10.1 Å². The lowest BCUT2D eigenvalue weighted by Crippen LogP contribution is -2.16. The minimum Gasteiger partial charge on any atom is -0.504 e. The van der Waals surface area contributed by atoms with Crippen molar-refractivity contribution < 1.29 is 28.7 Å². The molecule has 0 saturated heterocycles. The highest BCUT2D eigenvalue weighted by Gasteiger charge is 2.14. The summed E-state index contributed by atoms with van der Waals surface area (Å²) in [6.45, 7) is 0. The molecule has 0 fully saturated rings. The van der Waals surface area contributed by atoms with Gasteiger partial charge in [0.05, 0.1) is 4.92 Å². The first kappa shape index (κ1) is 15.0. The standard InChI is InChI=1S/C13H9FN2O6/c14-9-5-12(10(17)6-11(9)22-13(15)18)21-8-3-1-7(2-4-8)16(19)20/h1-6,17H,(H2,15,18). The van der Waals surface area contributed by atoms with Crippen molar-refractivity contribution in [2.45, 2.75) is 0 Å². The molecule has 0 spiro atoms. The summed E-state index contributed by atoms with van der Waals surface area (Å²) in [7, 11) is 0. The van der Waals surface area contributed by atoms with Gasteiger partial charge in [0.2, 0.25) is 0 Å². The van der Waals surface area contributed by atoms with Gasteiger partial charge in [0.25, 0.3) is 5.69 Å². The van der Waals surface area contributed by atoms with Crippen LogP contribution in [0.5, 0.6) is 23.0 Å². The maximum atomic E-state index is 13.6. The summed E-state index contributed by atoms with van der Waals surface area (Å²) in [5.41, 5.74) is 4.60. The molecule has 114 valence electrons. The molecule has 1 amide bonds. The molecule has 0 heterocycles. The van der Waals surface area contributed by atoms with E-state index in [2.05, 4.69) is 4.74 Å². The Labute approximate surface area is 122 Å². The third-order valence-corrected chi connectivity index (χ3v) is 2.50. The van der Waals surface area contributed by atoms with E-state index >= 15 is 0 Å². The summed E-state index contributed by atoms with van der Waals surface area (Å²) in [4.78, 5) is 20.5. The Morgan fingerprint density at radius 3 is 2.41 bits per heavy atom. The number of nitro groups is 1. The van der Waals surface area contributed by atoms with Crippen molar-refractivity contribution in [1.29, 1.82) is 0 Å². The van der Waals surface area contributed by atoms with E-state index in [1.165, 1.54) is 24.3 Å². The Bertz CT molecular complexity index is 732. The van der Waals surface area contributed by atoms with Gasteiger partial charge in [0.15, 0.2) is 23.1 Å². The van der Waals surface area contributed by atoms with Crippen LogP contribution in [0.25, 0.3) is 0 Å². The molecule has 2 rings (SSSR count). The normalized spacial score (nSPS) is 10.0. The third kappa shape index (κ3) is 3.39. The predicted molar refractivity (Wildman–Crippen MR) is 71.4 cm³/mol. The van der Waals surface area contributed by atoms with Crippen molar-refractivity contribution in [1.82, 2.24) is 0 Å². The zero-order valence-electron chi connectivity index (χ0n) is 10.9. The van der Waals surface area contributed by atoms with Crippen molar-refractivity contribution in [3.05, 3.63) is 52.3 Å². The highest BCUT2D eigenvalue weighted by Crippen LogP contribution is 2.36. The maximum Gasteiger partial charge on any atom is 0.410 e. The molecule has 3 N–H and O–H groups in total. The van der Waals surface area contributed by atoms with Crippen LogP contribution in [-0.4, -0.2) is 16.1 Å². The Morgan fingerprint density at radius 2 is 1.86 bits per heavy atom. The van der Waals surface area contributed by atoms with Gasteiger partial charge < -0.3 is 20.3 Å². The summed E-state index contributed by atoms with van der Waals surface area (Å²) >= 11 is 0. The second-order valence-electron chi connectivity index (χ2n) is 4.02. The summed E-state index contributed by atoms with van der Waals surface area (Å²) in [5.74, 6) is -2.15. The van der Waals surface area contributed by atoms with Crippen LogP contribution in [-0.2, 0) is 0 Å². The number of phenolic OH excluding ortho intramolecular Hbond substituents is 1. The number of non-ortho nitro benzene ring substituents is 1. The highest BCUT2D eigenvalue weighted by molar-refractivity contribution is 5.68. The first-order valence-electron chi connectivity index (χ1n) is 5.79. The summed E-state index contributed by atoms with van der Waals surface area (Å²) < 4.78 is 23.2. The number of phenols is 1. The molecule has 8 nitrogen and oxygen atoms in total. The molecule has 2 aromatic carbocycles. The number of benzene rings is 2. The number of hydrogen-bond donors (Lipinski definition) is 2. The van der Waals surface area contributed by atoms with Crippen LogP contribution in [0.4, 0.5) is 14.9 Å². The van der Waals surface area contributed by atoms with Crippen molar-refractivity contribution in [3.63, 3.8) is 0 Å². The largest absolute Gasteiger partial charge is 0.504 e. The molecule has 0 bridgehead atoms. The summed E-state index contributed by atoms with van der Waals surface area (Å²) in [5, 5.41) is 20.2. The smallest absolute Gasteiger partial charge is 0.410 e. The molecule has 0 aliphatic rings. The summed E-state index contributed by atoms with van der Waals surface area (Å²) in [6.07, 6.45) is -1.23. The predicted octanol–water partition coefficient (Wildman–Crippen LogP) is 2.69. The van der Waals surface area contributed by atoms with Crippen LogP contribution < -0.4 is 15.2 Å². The number of rotatable bonds is 4. The second kappa shape index (κ2) is 5.95. The van der Waals surface area contributed by atoms with E-state index in [4.69, 9.17) is 10.5 Å².